The first-order valence-corrected chi connectivity index (χ1v) is 4.30. The van der Waals surface area contributed by atoms with E-state index in [0.717, 1.165) is 6.54 Å². The molecule has 2 amide bonds. The van der Waals surface area contributed by atoms with E-state index >= 15 is 0 Å². The van der Waals surface area contributed by atoms with Crippen LogP contribution in [0, 0.1) is 0 Å². The lowest BCUT2D eigenvalue weighted by atomic mass is 10.3. The number of hydrogen-bond donors (Lipinski definition) is 1. The predicted molar refractivity (Wildman–Crippen MR) is 48.1 cm³/mol. The molecule has 0 aliphatic carbocycles. The lowest BCUT2D eigenvalue weighted by Gasteiger charge is -2.26. The maximum Gasteiger partial charge on any atom is 0.243 e. The monoisotopic (exact) mass is 185 g/mol. The summed E-state index contributed by atoms with van der Waals surface area (Å²) < 4.78 is 0. The first kappa shape index (κ1) is 10.1. The van der Waals surface area contributed by atoms with E-state index in [-0.39, 0.29) is 24.9 Å². The maximum atomic E-state index is 11.2. The van der Waals surface area contributed by atoms with Gasteiger partial charge >= 0.3 is 0 Å². The summed E-state index contributed by atoms with van der Waals surface area (Å²) in [5.74, 6) is -0.254. The number of amides is 2. The van der Waals surface area contributed by atoms with E-state index < -0.39 is 0 Å². The fourth-order valence-corrected chi connectivity index (χ4v) is 1.16. The standard InChI is InChI=1S/C8H15N3O2/c1-10(2)3-4-11-7(12)5-9-6-8(11)13/h9H,3-6H2,1-2H3. The summed E-state index contributed by atoms with van der Waals surface area (Å²) >= 11 is 0. The molecular weight excluding hydrogens is 170 g/mol. The second kappa shape index (κ2) is 4.34. The van der Waals surface area contributed by atoms with E-state index in [1.807, 2.05) is 19.0 Å². The van der Waals surface area contributed by atoms with Crippen LogP contribution >= 0.6 is 0 Å². The number of likely N-dealkylation sites (N-methyl/N-ethyl adjacent to an activating group) is 1. The predicted octanol–water partition coefficient (Wildman–Crippen LogP) is -1.49. The highest BCUT2D eigenvalue weighted by Gasteiger charge is 2.24. The van der Waals surface area contributed by atoms with Crippen LogP contribution in [0.4, 0.5) is 0 Å². The van der Waals surface area contributed by atoms with Gasteiger partial charge in [0.15, 0.2) is 0 Å². The largest absolute Gasteiger partial charge is 0.308 e. The van der Waals surface area contributed by atoms with Gasteiger partial charge in [-0.25, -0.2) is 0 Å². The zero-order valence-electron chi connectivity index (χ0n) is 8.04. The molecule has 0 spiro atoms. The molecule has 5 nitrogen and oxygen atoms in total. The molecule has 1 aliphatic rings. The van der Waals surface area contributed by atoms with Crippen LogP contribution in [0.15, 0.2) is 0 Å². The summed E-state index contributed by atoms with van der Waals surface area (Å²) in [5, 5.41) is 2.75. The minimum absolute atomic E-state index is 0.127. The number of rotatable bonds is 3. The highest BCUT2D eigenvalue weighted by Crippen LogP contribution is 1.95. The highest BCUT2D eigenvalue weighted by atomic mass is 16.2. The lowest BCUT2D eigenvalue weighted by Crippen LogP contribution is -2.53. The second-order valence-electron chi connectivity index (χ2n) is 3.35. The summed E-state index contributed by atoms with van der Waals surface area (Å²) in [6, 6.07) is 0. The van der Waals surface area contributed by atoms with Crippen LogP contribution < -0.4 is 5.32 Å². The topological polar surface area (TPSA) is 52.6 Å². The third kappa shape index (κ3) is 2.78. The van der Waals surface area contributed by atoms with Gasteiger partial charge in [0.05, 0.1) is 13.1 Å². The summed E-state index contributed by atoms with van der Waals surface area (Å²) in [6.07, 6.45) is 0. The molecule has 1 aliphatic heterocycles. The molecule has 1 saturated heterocycles. The van der Waals surface area contributed by atoms with E-state index in [1.165, 1.54) is 4.90 Å². The Hall–Kier alpha value is -0.940. The van der Waals surface area contributed by atoms with Crippen molar-refractivity contribution in [2.24, 2.45) is 0 Å². The van der Waals surface area contributed by atoms with Crippen LogP contribution in [0.5, 0.6) is 0 Å². The molecule has 0 aromatic rings. The summed E-state index contributed by atoms with van der Waals surface area (Å²) in [6.45, 7) is 1.77. The van der Waals surface area contributed by atoms with Gasteiger partial charge in [-0.3, -0.25) is 19.8 Å². The van der Waals surface area contributed by atoms with Gasteiger partial charge in [0.25, 0.3) is 0 Å². The normalized spacial score (nSPS) is 18.5. The number of nitrogens with one attached hydrogen (secondary N) is 1. The van der Waals surface area contributed by atoms with E-state index in [9.17, 15) is 9.59 Å². The van der Waals surface area contributed by atoms with Crippen molar-refractivity contribution in [3.8, 4) is 0 Å². The molecule has 0 atom stereocenters. The van der Waals surface area contributed by atoms with Crippen LogP contribution in [0.25, 0.3) is 0 Å². The van der Waals surface area contributed by atoms with Crippen molar-refractivity contribution >= 4 is 11.8 Å². The summed E-state index contributed by atoms with van der Waals surface area (Å²) in [7, 11) is 3.83. The third-order valence-corrected chi connectivity index (χ3v) is 1.93. The van der Waals surface area contributed by atoms with Gasteiger partial charge in [0.2, 0.25) is 11.8 Å². The van der Waals surface area contributed by atoms with Crippen molar-refractivity contribution in [1.29, 1.82) is 0 Å². The zero-order valence-corrected chi connectivity index (χ0v) is 8.04. The molecule has 0 radical (unpaired) electrons. The van der Waals surface area contributed by atoms with Gasteiger partial charge in [0.1, 0.15) is 0 Å². The molecule has 0 aromatic heterocycles. The average Bonchev–Trinajstić information content (AvgIpc) is 2.03. The van der Waals surface area contributed by atoms with E-state index in [1.54, 1.807) is 0 Å². The highest BCUT2D eigenvalue weighted by molar-refractivity contribution is 5.99. The number of carbonyl (C=O) groups excluding carboxylic acids is 2. The van der Waals surface area contributed by atoms with E-state index in [0.29, 0.717) is 6.54 Å². The van der Waals surface area contributed by atoms with Crippen molar-refractivity contribution in [3.05, 3.63) is 0 Å². The Morgan fingerprint density at radius 1 is 1.31 bits per heavy atom. The van der Waals surface area contributed by atoms with Crippen molar-refractivity contribution in [1.82, 2.24) is 15.1 Å². The Balaban J connectivity index is 2.44. The third-order valence-electron chi connectivity index (χ3n) is 1.93. The molecule has 0 saturated carbocycles. The minimum atomic E-state index is -0.127. The number of piperazine rings is 1. The van der Waals surface area contributed by atoms with Gasteiger partial charge < -0.3 is 4.90 Å². The molecule has 13 heavy (non-hydrogen) atoms. The Kier molecular flexibility index (Phi) is 3.39. The first-order chi connectivity index (χ1) is 6.11. The van der Waals surface area contributed by atoms with Crippen LogP contribution in [-0.4, -0.2) is 61.9 Å². The summed E-state index contributed by atoms with van der Waals surface area (Å²) in [4.78, 5) is 25.7. The molecule has 1 fully saturated rings. The van der Waals surface area contributed by atoms with Crippen LogP contribution in [0.2, 0.25) is 0 Å². The maximum absolute atomic E-state index is 11.2. The van der Waals surface area contributed by atoms with Crippen molar-refractivity contribution in [2.45, 2.75) is 0 Å². The van der Waals surface area contributed by atoms with Crippen LogP contribution in [-0.2, 0) is 9.59 Å². The molecular formula is C8H15N3O2. The van der Waals surface area contributed by atoms with Gasteiger partial charge in [-0.15, -0.1) is 0 Å². The molecule has 0 aromatic carbocycles. The number of hydrogen-bond acceptors (Lipinski definition) is 4. The van der Waals surface area contributed by atoms with Crippen LogP contribution in [0.1, 0.15) is 0 Å². The SMILES string of the molecule is CN(C)CCN1C(=O)CNCC1=O. The molecule has 0 bridgehead atoms. The second-order valence-corrected chi connectivity index (χ2v) is 3.35. The van der Waals surface area contributed by atoms with Gasteiger partial charge in [-0.1, -0.05) is 0 Å². The summed E-state index contributed by atoms with van der Waals surface area (Å²) in [5.41, 5.74) is 0. The van der Waals surface area contributed by atoms with Gasteiger partial charge in [0, 0.05) is 13.1 Å². The molecule has 1 N–H and O–H groups in total. The molecule has 1 heterocycles. The Morgan fingerprint density at radius 2 is 1.85 bits per heavy atom. The fraction of sp³-hybridized carbons (Fsp3) is 0.750. The van der Waals surface area contributed by atoms with Crippen LogP contribution in [0.3, 0.4) is 0 Å². The number of imide groups is 1. The number of nitrogens with zero attached hydrogens (tertiary/aromatic N) is 2. The molecule has 5 heteroatoms. The van der Waals surface area contributed by atoms with Crippen molar-refractivity contribution in [2.75, 3.05) is 40.3 Å². The number of carbonyl (C=O) groups is 2. The fourth-order valence-electron chi connectivity index (χ4n) is 1.16. The Morgan fingerprint density at radius 3 is 2.31 bits per heavy atom. The quantitative estimate of drug-likeness (QED) is 0.544. The van der Waals surface area contributed by atoms with E-state index in [4.69, 9.17) is 0 Å². The van der Waals surface area contributed by atoms with Gasteiger partial charge in [-0.2, -0.15) is 0 Å². The van der Waals surface area contributed by atoms with Crippen molar-refractivity contribution in [3.63, 3.8) is 0 Å². The smallest absolute Gasteiger partial charge is 0.243 e. The first-order valence-electron chi connectivity index (χ1n) is 4.30. The molecule has 1 rings (SSSR count). The van der Waals surface area contributed by atoms with Gasteiger partial charge in [-0.05, 0) is 14.1 Å². The zero-order chi connectivity index (χ0) is 9.84. The van der Waals surface area contributed by atoms with E-state index in [2.05, 4.69) is 5.32 Å². The average molecular weight is 185 g/mol. The van der Waals surface area contributed by atoms with Crippen molar-refractivity contribution < 1.29 is 9.59 Å². The lowest BCUT2D eigenvalue weighted by molar-refractivity contribution is -0.146. The Bertz CT molecular complexity index is 199. The Labute approximate surface area is 77.7 Å². The molecule has 0 unspecified atom stereocenters. The minimum Gasteiger partial charge on any atom is -0.308 e. The molecule has 74 valence electrons.